The Bertz CT molecular complexity index is 543. The standard InChI is InChI=1S/C19H29N3O2/c1-3-24-17-11-16(19(17)8-4-5-9-19)22(2)14-18(23)21-13-15-7-6-10-20-12-15/h6-7,10,12,16-17H,3-5,8-9,11,13-14H2,1-2H3,(H,21,23). The molecule has 3 rings (SSSR count). The average molecular weight is 331 g/mol. The number of carbonyl (C=O) groups is 1. The van der Waals surface area contributed by atoms with Gasteiger partial charge >= 0.3 is 0 Å². The van der Waals surface area contributed by atoms with Crippen LogP contribution in [0.5, 0.6) is 0 Å². The number of nitrogens with zero attached hydrogens (tertiary/aromatic N) is 2. The van der Waals surface area contributed by atoms with E-state index in [-0.39, 0.29) is 11.3 Å². The summed E-state index contributed by atoms with van der Waals surface area (Å²) in [6, 6.07) is 4.34. The van der Waals surface area contributed by atoms with Crippen LogP contribution in [-0.4, -0.2) is 48.1 Å². The Morgan fingerprint density at radius 1 is 1.46 bits per heavy atom. The predicted octanol–water partition coefficient (Wildman–Crippen LogP) is 2.37. The lowest BCUT2D eigenvalue weighted by molar-refractivity contribution is -0.163. The lowest BCUT2D eigenvalue weighted by Gasteiger charge is -2.57. The highest BCUT2D eigenvalue weighted by Gasteiger charge is 2.57. The summed E-state index contributed by atoms with van der Waals surface area (Å²) in [5.74, 6) is 0.0781. The summed E-state index contributed by atoms with van der Waals surface area (Å²) >= 11 is 0. The number of amides is 1. The zero-order valence-corrected chi connectivity index (χ0v) is 14.8. The molecule has 2 saturated carbocycles. The number of carbonyl (C=O) groups excluding carboxylic acids is 1. The van der Waals surface area contributed by atoms with E-state index >= 15 is 0 Å². The first-order valence-electron chi connectivity index (χ1n) is 9.13. The molecule has 24 heavy (non-hydrogen) atoms. The van der Waals surface area contributed by atoms with Crippen LogP contribution in [0, 0.1) is 5.41 Å². The Hall–Kier alpha value is -1.46. The van der Waals surface area contributed by atoms with Gasteiger partial charge in [0.25, 0.3) is 0 Å². The summed E-state index contributed by atoms with van der Waals surface area (Å²) < 4.78 is 5.97. The van der Waals surface area contributed by atoms with E-state index in [9.17, 15) is 4.79 Å². The van der Waals surface area contributed by atoms with E-state index in [1.54, 1.807) is 12.4 Å². The van der Waals surface area contributed by atoms with Crippen molar-refractivity contribution < 1.29 is 9.53 Å². The molecule has 2 fully saturated rings. The second-order valence-corrected chi connectivity index (χ2v) is 7.19. The zero-order chi connectivity index (χ0) is 17.0. The van der Waals surface area contributed by atoms with Gasteiger partial charge in [-0.25, -0.2) is 0 Å². The van der Waals surface area contributed by atoms with Gasteiger partial charge in [0.15, 0.2) is 0 Å². The molecule has 0 aromatic carbocycles. The number of likely N-dealkylation sites (N-methyl/N-ethyl adjacent to an activating group) is 1. The Morgan fingerprint density at radius 2 is 2.25 bits per heavy atom. The fourth-order valence-electron chi connectivity index (χ4n) is 4.56. The van der Waals surface area contributed by atoms with Gasteiger partial charge in [0.1, 0.15) is 0 Å². The van der Waals surface area contributed by atoms with Crippen molar-refractivity contribution in [1.82, 2.24) is 15.2 Å². The molecule has 2 aliphatic carbocycles. The van der Waals surface area contributed by atoms with Crippen LogP contribution in [0.3, 0.4) is 0 Å². The van der Waals surface area contributed by atoms with Crippen molar-refractivity contribution in [2.24, 2.45) is 5.41 Å². The van der Waals surface area contributed by atoms with Gasteiger partial charge in [-0.05, 0) is 44.9 Å². The molecule has 1 heterocycles. The van der Waals surface area contributed by atoms with Crippen LogP contribution in [-0.2, 0) is 16.1 Å². The third-order valence-electron chi connectivity index (χ3n) is 5.78. The molecule has 2 unspecified atom stereocenters. The van der Waals surface area contributed by atoms with Crippen molar-refractivity contribution in [2.45, 2.75) is 57.7 Å². The largest absolute Gasteiger partial charge is 0.378 e. The molecule has 0 saturated heterocycles. The van der Waals surface area contributed by atoms with Gasteiger partial charge in [-0.1, -0.05) is 18.9 Å². The number of hydrogen-bond acceptors (Lipinski definition) is 4. The van der Waals surface area contributed by atoms with Gasteiger partial charge < -0.3 is 10.1 Å². The monoisotopic (exact) mass is 331 g/mol. The summed E-state index contributed by atoms with van der Waals surface area (Å²) in [4.78, 5) is 18.6. The minimum absolute atomic E-state index is 0.0781. The minimum Gasteiger partial charge on any atom is -0.378 e. The van der Waals surface area contributed by atoms with Crippen LogP contribution in [0.25, 0.3) is 0 Å². The number of pyridine rings is 1. The Morgan fingerprint density at radius 3 is 2.92 bits per heavy atom. The maximum absolute atomic E-state index is 12.3. The van der Waals surface area contributed by atoms with Crippen LogP contribution in [0.4, 0.5) is 0 Å². The molecule has 2 atom stereocenters. The first-order valence-corrected chi connectivity index (χ1v) is 9.13. The number of ether oxygens (including phenoxy) is 1. The van der Waals surface area contributed by atoms with Crippen molar-refractivity contribution in [3.63, 3.8) is 0 Å². The van der Waals surface area contributed by atoms with E-state index in [1.807, 2.05) is 12.1 Å². The smallest absolute Gasteiger partial charge is 0.234 e. The molecule has 0 aliphatic heterocycles. The highest BCUT2D eigenvalue weighted by Crippen LogP contribution is 2.56. The van der Waals surface area contributed by atoms with E-state index in [0.717, 1.165) is 18.6 Å². The molecule has 0 bridgehead atoms. The second-order valence-electron chi connectivity index (χ2n) is 7.19. The van der Waals surface area contributed by atoms with Gasteiger partial charge in [0, 0.05) is 37.0 Å². The first-order chi connectivity index (χ1) is 11.7. The third-order valence-corrected chi connectivity index (χ3v) is 5.78. The summed E-state index contributed by atoms with van der Waals surface area (Å²) in [5, 5.41) is 3.00. The van der Waals surface area contributed by atoms with E-state index < -0.39 is 0 Å². The van der Waals surface area contributed by atoms with E-state index in [1.165, 1.54) is 25.7 Å². The van der Waals surface area contributed by atoms with Crippen molar-refractivity contribution in [3.05, 3.63) is 30.1 Å². The van der Waals surface area contributed by atoms with Crippen molar-refractivity contribution in [1.29, 1.82) is 0 Å². The van der Waals surface area contributed by atoms with E-state index in [2.05, 4.69) is 29.2 Å². The van der Waals surface area contributed by atoms with Gasteiger partial charge in [-0.15, -0.1) is 0 Å². The molecule has 5 nitrogen and oxygen atoms in total. The van der Waals surface area contributed by atoms with Crippen LogP contribution in [0.1, 0.15) is 44.6 Å². The van der Waals surface area contributed by atoms with Crippen LogP contribution >= 0.6 is 0 Å². The third kappa shape index (κ3) is 3.47. The van der Waals surface area contributed by atoms with Crippen molar-refractivity contribution in [3.8, 4) is 0 Å². The molecule has 2 aliphatic rings. The van der Waals surface area contributed by atoms with E-state index in [4.69, 9.17) is 4.74 Å². The molecule has 1 aromatic rings. The predicted molar refractivity (Wildman–Crippen MR) is 93.4 cm³/mol. The van der Waals surface area contributed by atoms with Gasteiger partial charge in [0.2, 0.25) is 5.91 Å². The lowest BCUT2D eigenvalue weighted by atomic mass is 9.60. The lowest BCUT2D eigenvalue weighted by Crippen LogP contribution is -2.63. The molecule has 1 amide bonds. The minimum atomic E-state index is 0.0781. The topological polar surface area (TPSA) is 54.5 Å². The van der Waals surface area contributed by atoms with E-state index in [0.29, 0.717) is 25.2 Å². The summed E-state index contributed by atoms with van der Waals surface area (Å²) in [7, 11) is 2.08. The highest BCUT2D eigenvalue weighted by molar-refractivity contribution is 5.78. The number of rotatable bonds is 7. The van der Waals surface area contributed by atoms with Crippen molar-refractivity contribution in [2.75, 3.05) is 20.2 Å². The SMILES string of the molecule is CCOC1CC(N(C)CC(=O)NCc2cccnc2)C12CCCC2. The summed E-state index contributed by atoms with van der Waals surface area (Å²) in [5.41, 5.74) is 1.31. The number of nitrogens with one attached hydrogen (secondary N) is 1. The number of aromatic nitrogens is 1. The quantitative estimate of drug-likeness (QED) is 0.833. The molecule has 132 valence electrons. The van der Waals surface area contributed by atoms with Gasteiger partial charge in [-0.3, -0.25) is 14.7 Å². The maximum Gasteiger partial charge on any atom is 0.234 e. The van der Waals surface area contributed by atoms with Crippen LogP contribution < -0.4 is 5.32 Å². The van der Waals surface area contributed by atoms with Gasteiger partial charge in [-0.2, -0.15) is 0 Å². The fraction of sp³-hybridized carbons (Fsp3) is 0.684. The Balaban J connectivity index is 1.51. The van der Waals surface area contributed by atoms with Crippen LogP contribution in [0.2, 0.25) is 0 Å². The highest BCUT2D eigenvalue weighted by atomic mass is 16.5. The Labute approximate surface area is 144 Å². The fourth-order valence-corrected chi connectivity index (χ4v) is 4.56. The molecule has 1 spiro atoms. The molecular formula is C19H29N3O2. The maximum atomic E-state index is 12.3. The van der Waals surface area contributed by atoms with Crippen molar-refractivity contribution >= 4 is 5.91 Å². The molecule has 5 heteroatoms. The second kappa shape index (κ2) is 7.62. The van der Waals surface area contributed by atoms with Crippen LogP contribution in [0.15, 0.2) is 24.5 Å². The molecule has 1 N–H and O–H groups in total. The molecular weight excluding hydrogens is 302 g/mol. The molecule has 0 radical (unpaired) electrons. The average Bonchev–Trinajstić information content (AvgIpc) is 3.10. The number of hydrogen-bond donors (Lipinski definition) is 1. The van der Waals surface area contributed by atoms with Gasteiger partial charge in [0.05, 0.1) is 12.6 Å². The normalized spacial score (nSPS) is 25.0. The summed E-state index contributed by atoms with van der Waals surface area (Å²) in [6.45, 7) is 3.85. The summed E-state index contributed by atoms with van der Waals surface area (Å²) in [6.07, 6.45) is 10.0. The zero-order valence-electron chi connectivity index (χ0n) is 14.8. The first kappa shape index (κ1) is 17.4. The Kier molecular flexibility index (Phi) is 5.51. The molecule has 1 aromatic heterocycles.